The number of anilines is 1. The number of H-pyrrole nitrogens is 1. The lowest BCUT2D eigenvalue weighted by Gasteiger charge is -2.33. The molecule has 2 aromatic heterocycles. The van der Waals surface area contributed by atoms with E-state index in [-0.39, 0.29) is 0 Å². The largest absolute Gasteiger partial charge is 0.465 e. The van der Waals surface area contributed by atoms with Crippen LogP contribution in [-0.2, 0) is 0 Å². The Hall–Kier alpha value is -2.24. The molecule has 0 spiro atoms. The Kier molecular flexibility index (Phi) is 2.55. The number of hydrogen-bond acceptors (Lipinski definition) is 3. The van der Waals surface area contributed by atoms with Crippen molar-refractivity contribution in [3.05, 3.63) is 24.4 Å². The Bertz CT molecular complexity index is 572. The average Bonchev–Trinajstić information content (AvgIpc) is 2.86. The Morgan fingerprint density at radius 3 is 2.72 bits per heavy atom. The number of nitrogens with one attached hydrogen (secondary N) is 1. The van der Waals surface area contributed by atoms with E-state index in [4.69, 9.17) is 5.11 Å². The molecule has 94 valence electrons. The van der Waals surface area contributed by atoms with Crippen molar-refractivity contribution in [1.29, 1.82) is 0 Å². The van der Waals surface area contributed by atoms with Gasteiger partial charge >= 0.3 is 6.09 Å². The van der Waals surface area contributed by atoms with E-state index in [9.17, 15) is 4.79 Å². The van der Waals surface area contributed by atoms with Gasteiger partial charge < -0.3 is 19.9 Å². The SMILES string of the molecule is O=C(O)N1CCN(c2ccc3[nH]ccc3n2)CC1. The van der Waals surface area contributed by atoms with Crippen LogP contribution in [0.4, 0.5) is 10.6 Å². The summed E-state index contributed by atoms with van der Waals surface area (Å²) in [5.41, 5.74) is 1.95. The molecule has 1 aliphatic heterocycles. The molecule has 3 rings (SSSR count). The summed E-state index contributed by atoms with van der Waals surface area (Å²) in [5, 5.41) is 8.90. The van der Waals surface area contributed by atoms with Crippen molar-refractivity contribution >= 4 is 22.9 Å². The van der Waals surface area contributed by atoms with Crippen molar-refractivity contribution < 1.29 is 9.90 Å². The summed E-state index contributed by atoms with van der Waals surface area (Å²) < 4.78 is 0. The monoisotopic (exact) mass is 246 g/mol. The fraction of sp³-hybridized carbons (Fsp3) is 0.333. The van der Waals surface area contributed by atoms with Gasteiger partial charge in [0.1, 0.15) is 5.82 Å². The number of nitrogens with zero attached hydrogens (tertiary/aromatic N) is 3. The van der Waals surface area contributed by atoms with E-state index in [1.165, 1.54) is 4.90 Å². The Morgan fingerprint density at radius 1 is 1.22 bits per heavy atom. The lowest BCUT2D eigenvalue weighted by Crippen LogP contribution is -2.48. The molecule has 0 unspecified atom stereocenters. The summed E-state index contributed by atoms with van der Waals surface area (Å²) in [4.78, 5) is 22.0. The van der Waals surface area contributed by atoms with Gasteiger partial charge in [0.2, 0.25) is 0 Å². The Morgan fingerprint density at radius 2 is 2.00 bits per heavy atom. The number of rotatable bonds is 1. The molecule has 2 aromatic rings. The highest BCUT2D eigenvalue weighted by atomic mass is 16.4. The first-order chi connectivity index (χ1) is 8.74. The number of piperazine rings is 1. The Labute approximate surface area is 104 Å². The number of aromatic nitrogens is 2. The molecule has 1 fully saturated rings. The van der Waals surface area contributed by atoms with Gasteiger partial charge in [-0.25, -0.2) is 9.78 Å². The minimum Gasteiger partial charge on any atom is -0.465 e. The fourth-order valence-electron chi connectivity index (χ4n) is 2.23. The first kappa shape index (κ1) is 10.9. The summed E-state index contributed by atoms with van der Waals surface area (Å²) in [7, 11) is 0. The van der Waals surface area contributed by atoms with Gasteiger partial charge in [-0.1, -0.05) is 0 Å². The average molecular weight is 246 g/mol. The molecule has 6 heteroatoms. The maximum absolute atomic E-state index is 10.8. The zero-order valence-corrected chi connectivity index (χ0v) is 9.83. The molecule has 3 heterocycles. The summed E-state index contributed by atoms with van der Waals surface area (Å²) in [6.45, 7) is 2.44. The Balaban J connectivity index is 1.77. The van der Waals surface area contributed by atoms with E-state index in [0.29, 0.717) is 26.2 Å². The third-order valence-electron chi connectivity index (χ3n) is 3.26. The molecular weight excluding hydrogens is 232 g/mol. The van der Waals surface area contributed by atoms with Crippen molar-refractivity contribution in [2.75, 3.05) is 31.1 Å². The third-order valence-corrected chi connectivity index (χ3v) is 3.26. The molecule has 0 aliphatic carbocycles. The molecule has 2 N–H and O–H groups in total. The zero-order chi connectivity index (χ0) is 12.5. The van der Waals surface area contributed by atoms with Crippen LogP contribution in [0.15, 0.2) is 24.4 Å². The number of aromatic amines is 1. The number of carbonyl (C=O) groups is 1. The van der Waals surface area contributed by atoms with Gasteiger partial charge in [-0.2, -0.15) is 0 Å². The number of pyridine rings is 1. The molecule has 18 heavy (non-hydrogen) atoms. The minimum atomic E-state index is -0.844. The predicted molar refractivity (Wildman–Crippen MR) is 67.9 cm³/mol. The maximum atomic E-state index is 10.8. The molecule has 1 amide bonds. The fourth-order valence-corrected chi connectivity index (χ4v) is 2.23. The second-order valence-electron chi connectivity index (χ2n) is 4.34. The van der Waals surface area contributed by atoms with Crippen LogP contribution in [0, 0.1) is 0 Å². The quantitative estimate of drug-likeness (QED) is 0.797. The number of hydrogen-bond donors (Lipinski definition) is 2. The second-order valence-corrected chi connectivity index (χ2v) is 4.34. The summed E-state index contributed by atoms with van der Waals surface area (Å²) >= 11 is 0. The van der Waals surface area contributed by atoms with E-state index in [0.717, 1.165) is 16.9 Å². The molecule has 0 radical (unpaired) electrons. The van der Waals surface area contributed by atoms with Crippen molar-refractivity contribution in [3.63, 3.8) is 0 Å². The second kappa shape index (κ2) is 4.21. The van der Waals surface area contributed by atoms with E-state index >= 15 is 0 Å². The summed E-state index contributed by atoms with van der Waals surface area (Å²) in [6, 6.07) is 5.91. The van der Waals surface area contributed by atoms with Gasteiger partial charge in [0.05, 0.1) is 11.0 Å². The predicted octanol–water partition coefficient (Wildman–Crippen LogP) is 1.36. The molecular formula is C12H14N4O2. The van der Waals surface area contributed by atoms with Gasteiger partial charge in [-0.05, 0) is 18.2 Å². The normalized spacial score (nSPS) is 16.2. The van der Waals surface area contributed by atoms with Crippen LogP contribution < -0.4 is 4.90 Å². The number of amides is 1. The first-order valence-electron chi connectivity index (χ1n) is 5.91. The molecule has 0 saturated carbocycles. The van der Waals surface area contributed by atoms with Crippen molar-refractivity contribution in [2.24, 2.45) is 0 Å². The van der Waals surface area contributed by atoms with E-state index < -0.39 is 6.09 Å². The van der Waals surface area contributed by atoms with Crippen LogP contribution in [0.5, 0.6) is 0 Å². The summed E-state index contributed by atoms with van der Waals surface area (Å²) in [5.74, 6) is 0.909. The van der Waals surface area contributed by atoms with Gasteiger partial charge in [0, 0.05) is 32.4 Å². The van der Waals surface area contributed by atoms with E-state index in [2.05, 4.69) is 14.9 Å². The third kappa shape index (κ3) is 1.85. The van der Waals surface area contributed by atoms with Crippen LogP contribution in [0.2, 0.25) is 0 Å². The number of carboxylic acid groups (broad SMARTS) is 1. The highest BCUT2D eigenvalue weighted by molar-refractivity contribution is 5.77. The van der Waals surface area contributed by atoms with Gasteiger partial charge in [0.25, 0.3) is 0 Å². The highest BCUT2D eigenvalue weighted by Gasteiger charge is 2.21. The first-order valence-corrected chi connectivity index (χ1v) is 5.91. The van der Waals surface area contributed by atoms with E-state index in [1.807, 2.05) is 24.4 Å². The van der Waals surface area contributed by atoms with E-state index in [1.54, 1.807) is 0 Å². The van der Waals surface area contributed by atoms with Gasteiger partial charge in [0.15, 0.2) is 0 Å². The van der Waals surface area contributed by atoms with Crippen LogP contribution in [0.1, 0.15) is 0 Å². The highest BCUT2D eigenvalue weighted by Crippen LogP contribution is 2.18. The van der Waals surface area contributed by atoms with Crippen molar-refractivity contribution in [3.8, 4) is 0 Å². The van der Waals surface area contributed by atoms with Crippen molar-refractivity contribution in [1.82, 2.24) is 14.9 Å². The van der Waals surface area contributed by atoms with Crippen LogP contribution in [0.25, 0.3) is 11.0 Å². The van der Waals surface area contributed by atoms with Crippen LogP contribution in [-0.4, -0.2) is 52.2 Å². The lowest BCUT2D eigenvalue weighted by molar-refractivity contribution is 0.142. The molecule has 6 nitrogen and oxygen atoms in total. The van der Waals surface area contributed by atoms with Crippen molar-refractivity contribution in [2.45, 2.75) is 0 Å². The molecule has 0 aromatic carbocycles. The lowest BCUT2D eigenvalue weighted by atomic mass is 10.3. The number of fused-ring (bicyclic) bond motifs is 1. The zero-order valence-electron chi connectivity index (χ0n) is 9.83. The standard InChI is InChI=1S/C12H14N4O2/c17-12(18)16-7-5-15(6-8-16)11-2-1-9-10(14-11)3-4-13-9/h1-4,13H,5-8H2,(H,17,18). The molecule has 0 atom stereocenters. The molecule has 1 saturated heterocycles. The smallest absolute Gasteiger partial charge is 0.407 e. The molecule has 0 bridgehead atoms. The van der Waals surface area contributed by atoms with Gasteiger partial charge in [-0.3, -0.25) is 0 Å². The van der Waals surface area contributed by atoms with Gasteiger partial charge in [-0.15, -0.1) is 0 Å². The molecule has 1 aliphatic rings. The van der Waals surface area contributed by atoms with Crippen LogP contribution in [0.3, 0.4) is 0 Å². The summed E-state index contributed by atoms with van der Waals surface area (Å²) in [6.07, 6.45) is 1.02. The maximum Gasteiger partial charge on any atom is 0.407 e. The minimum absolute atomic E-state index is 0.530. The van der Waals surface area contributed by atoms with Crippen LogP contribution >= 0.6 is 0 Å². The topological polar surface area (TPSA) is 72.5 Å².